The van der Waals surface area contributed by atoms with Crippen LogP contribution in [-0.2, 0) is 16.1 Å². The molecule has 0 radical (unpaired) electrons. The first kappa shape index (κ1) is 23.4. The van der Waals surface area contributed by atoms with Gasteiger partial charge >= 0.3 is 0 Å². The number of rotatable bonds is 5. The maximum atomic E-state index is 13.4. The number of thioether (sulfide) groups is 1. The first-order valence-corrected chi connectivity index (χ1v) is 12.4. The maximum absolute atomic E-state index is 13.4. The van der Waals surface area contributed by atoms with Crippen molar-refractivity contribution >= 4 is 40.9 Å². The standard InChI is InChI=1S/C23H31ClN4O3S/c1-25-9-4-10-26(12-11-25)13-14-28-18-5-3-6-19(31-2)17(18)15-27(16-22(28)29)23(30)20-7-8-21(24)32-20/h3,5-6,8,20H,4,7,9-16H2,1-2H3. The van der Waals surface area contributed by atoms with Crippen molar-refractivity contribution in [2.45, 2.75) is 24.6 Å². The third-order valence-electron chi connectivity index (χ3n) is 6.38. The number of likely N-dealkylation sites (N-methyl/N-ethyl adjacent to an activating group) is 1. The van der Waals surface area contributed by atoms with Crippen molar-refractivity contribution in [3.8, 4) is 5.75 Å². The SMILES string of the molecule is COc1cccc2c1CN(C(=O)C1CC=C(Cl)S1)CC(=O)N2CCN1CCCN(C)CC1. The normalized spacial score (nSPS) is 22.9. The Kier molecular flexibility index (Phi) is 7.66. The largest absolute Gasteiger partial charge is 0.496 e. The van der Waals surface area contributed by atoms with Gasteiger partial charge in [-0.2, -0.15) is 0 Å². The van der Waals surface area contributed by atoms with Crippen molar-refractivity contribution in [2.75, 3.05) is 64.9 Å². The molecule has 32 heavy (non-hydrogen) atoms. The zero-order chi connectivity index (χ0) is 22.7. The van der Waals surface area contributed by atoms with Crippen molar-refractivity contribution in [2.24, 2.45) is 0 Å². The fourth-order valence-electron chi connectivity index (χ4n) is 4.54. The average molecular weight is 479 g/mol. The van der Waals surface area contributed by atoms with E-state index >= 15 is 0 Å². The third kappa shape index (κ3) is 5.25. The van der Waals surface area contributed by atoms with Gasteiger partial charge in [0.2, 0.25) is 11.8 Å². The van der Waals surface area contributed by atoms with Crippen LogP contribution in [0.2, 0.25) is 0 Å². The topological polar surface area (TPSA) is 56.3 Å². The molecule has 0 saturated carbocycles. The van der Waals surface area contributed by atoms with E-state index in [4.69, 9.17) is 16.3 Å². The second-order valence-corrected chi connectivity index (χ2v) is 10.4. The van der Waals surface area contributed by atoms with Gasteiger partial charge < -0.3 is 24.3 Å². The van der Waals surface area contributed by atoms with Gasteiger partial charge in [-0.1, -0.05) is 23.7 Å². The molecule has 1 fully saturated rings. The fraction of sp³-hybridized carbons (Fsp3) is 0.565. The number of anilines is 1. The molecule has 0 aliphatic carbocycles. The summed E-state index contributed by atoms with van der Waals surface area (Å²) in [5.41, 5.74) is 1.72. The summed E-state index contributed by atoms with van der Waals surface area (Å²) in [6.07, 6.45) is 3.60. The molecule has 3 aliphatic rings. The Labute approximate surface area is 199 Å². The Morgan fingerprint density at radius 3 is 2.78 bits per heavy atom. The maximum Gasteiger partial charge on any atom is 0.246 e. The molecule has 4 rings (SSSR count). The molecule has 1 aromatic rings. The van der Waals surface area contributed by atoms with Gasteiger partial charge in [0.05, 0.1) is 29.0 Å². The van der Waals surface area contributed by atoms with Crippen molar-refractivity contribution in [1.82, 2.24) is 14.7 Å². The Balaban J connectivity index is 1.54. The first-order chi connectivity index (χ1) is 15.5. The third-order valence-corrected chi connectivity index (χ3v) is 7.87. The Hall–Kier alpha value is -1.74. The van der Waals surface area contributed by atoms with E-state index in [1.807, 2.05) is 29.2 Å². The Morgan fingerprint density at radius 1 is 1.19 bits per heavy atom. The van der Waals surface area contributed by atoms with Crippen molar-refractivity contribution < 1.29 is 14.3 Å². The minimum absolute atomic E-state index is 0.0514. The molecule has 9 heteroatoms. The molecule has 174 valence electrons. The number of hydrogen-bond acceptors (Lipinski definition) is 6. The lowest BCUT2D eigenvalue weighted by atomic mass is 10.1. The van der Waals surface area contributed by atoms with Crippen LogP contribution in [0.15, 0.2) is 28.6 Å². The second kappa shape index (κ2) is 10.5. The highest BCUT2D eigenvalue weighted by Gasteiger charge is 2.35. The highest BCUT2D eigenvalue weighted by Crippen LogP contribution is 2.38. The van der Waals surface area contributed by atoms with Crippen molar-refractivity contribution in [3.05, 3.63) is 34.2 Å². The molecule has 1 atom stereocenters. The lowest BCUT2D eigenvalue weighted by molar-refractivity contribution is -0.135. The van der Waals surface area contributed by atoms with E-state index in [0.29, 0.717) is 29.6 Å². The molecule has 0 aromatic heterocycles. The molecule has 7 nitrogen and oxygen atoms in total. The molecular weight excluding hydrogens is 448 g/mol. The van der Waals surface area contributed by atoms with Crippen LogP contribution in [-0.4, -0.2) is 91.7 Å². The summed E-state index contributed by atoms with van der Waals surface area (Å²) in [6.45, 7) is 6.00. The number of ether oxygens (including phenoxy) is 1. The highest BCUT2D eigenvalue weighted by molar-refractivity contribution is 8.06. The molecule has 0 bridgehead atoms. The van der Waals surface area contributed by atoms with Gasteiger partial charge in [0.15, 0.2) is 0 Å². The summed E-state index contributed by atoms with van der Waals surface area (Å²) in [5, 5.41) is -0.269. The molecule has 2 amide bonds. The number of halogens is 1. The summed E-state index contributed by atoms with van der Waals surface area (Å²) in [6, 6.07) is 5.76. The first-order valence-electron chi connectivity index (χ1n) is 11.1. The van der Waals surface area contributed by atoms with Gasteiger partial charge in [-0.3, -0.25) is 9.59 Å². The minimum Gasteiger partial charge on any atom is -0.496 e. The summed E-state index contributed by atoms with van der Waals surface area (Å²) in [5.74, 6) is 0.593. The van der Waals surface area contributed by atoms with Crippen molar-refractivity contribution in [1.29, 1.82) is 0 Å². The van der Waals surface area contributed by atoms with Gasteiger partial charge in [-0.15, -0.1) is 11.8 Å². The van der Waals surface area contributed by atoms with Crippen LogP contribution < -0.4 is 9.64 Å². The zero-order valence-electron chi connectivity index (χ0n) is 18.8. The van der Waals surface area contributed by atoms with Gasteiger partial charge in [0, 0.05) is 31.7 Å². The number of allylic oxidation sites excluding steroid dienone is 1. The highest BCUT2D eigenvalue weighted by atomic mass is 35.5. The average Bonchev–Trinajstić information content (AvgIpc) is 3.03. The predicted molar refractivity (Wildman–Crippen MR) is 129 cm³/mol. The number of carbonyl (C=O) groups excluding carboxylic acids is 2. The summed E-state index contributed by atoms with van der Waals surface area (Å²) < 4.78 is 6.26. The predicted octanol–water partition coefficient (Wildman–Crippen LogP) is 2.59. The molecule has 1 aromatic carbocycles. The number of methoxy groups -OCH3 is 1. The smallest absolute Gasteiger partial charge is 0.246 e. The summed E-state index contributed by atoms with van der Waals surface area (Å²) >= 11 is 7.46. The van der Waals surface area contributed by atoms with Gasteiger partial charge in [-0.05, 0) is 45.1 Å². The number of nitrogens with zero attached hydrogens (tertiary/aromatic N) is 4. The lowest BCUT2D eigenvalue weighted by Gasteiger charge is -2.27. The van der Waals surface area contributed by atoms with Crippen LogP contribution in [0.3, 0.4) is 0 Å². The molecule has 3 aliphatic heterocycles. The van der Waals surface area contributed by atoms with E-state index in [9.17, 15) is 9.59 Å². The van der Waals surface area contributed by atoms with Gasteiger partial charge in [0.25, 0.3) is 0 Å². The number of amides is 2. The fourth-order valence-corrected chi connectivity index (χ4v) is 5.86. The van der Waals surface area contributed by atoms with E-state index in [1.54, 1.807) is 12.0 Å². The molecule has 3 heterocycles. The lowest BCUT2D eigenvalue weighted by Crippen LogP contribution is -2.45. The molecule has 0 N–H and O–H groups in total. The molecule has 1 unspecified atom stereocenters. The number of hydrogen-bond donors (Lipinski definition) is 0. The van der Waals surface area contributed by atoms with E-state index in [0.717, 1.165) is 50.4 Å². The number of benzene rings is 1. The molecule has 1 saturated heterocycles. The van der Waals surface area contributed by atoms with E-state index < -0.39 is 0 Å². The number of carbonyl (C=O) groups is 2. The second-order valence-electron chi connectivity index (χ2n) is 8.55. The van der Waals surface area contributed by atoms with Crippen LogP contribution in [0.5, 0.6) is 5.75 Å². The van der Waals surface area contributed by atoms with Crippen LogP contribution in [0.25, 0.3) is 0 Å². The molecule has 0 spiro atoms. The number of fused-ring (bicyclic) bond motifs is 1. The van der Waals surface area contributed by atoms with Crippen LogP contribution in [0, 0.1) is 0 Å². The monoisotopic (exact) mass is 478 g/mol. The van der Waals surface area contributed by atoms with Crippen LogP contribution in [0.4, 0.5) is 5.69 Å². The zero-order valence-corrected chi connectivity index (χ0v) is 20.3. The van der Waals surface area contributed by atoms with Gasteiger partial charge in [0.1, 0.15) is 12.3 Å². The summed E-state index contributed by atoms with van der Waals surface area (Å²) in [7, 11) is 3.78. The summed E-state index contributed by atoms with van der Waals surface area (Å²) in [4.78, 5) is 34.9. The van der Waals surface area contributed by atoms with E-state index in [-0.39, 0.29) is 23.6 Å². The Morgan fingerprint density at radius 2 is 2.03 bits per heavy atom. The minimum atomic E-state index is -0.269. The molecular formula is C23H31ClN4O3S. The van der Waals surface area contributed by atoms with Crippen molar-refractivity contribution in [3.63, 3.8) is 0 Å². The van der Waals surface area contributed by atoms with Gasteiger partial charge in [-0.25, -0.2) is 0 Å². The van der Waals surface area contributed by atoms with E-state index in [2.05, 4.69) is 16.8 Å². The van der Waals surface area contributed by atoms with Crippen LogP contribution >= 0.6 is 23.4 Å². The van der Waals surface area contributed by atoms with E-state index in [1.165, 1.54) is 11.8 Å². The Bertz CT molecular complexity index is 896. The van der Waals surface area contributed by atoms with Crippen LogP contribution in [0.1, 0.15) is 18.4 Å². The quantitative estimate of drug-likeness (QED) is 0.648.